The van der Waals surface area contributed by atoms with E-state index in [2.05, 4.69) is 51.4 Å². The smallest absolute Gasteiger partial charge is 0.128 e. The maximum atomic E-state index is 6.03. The molecular weight excluding hydrogens is 302 g/mol. The van der Waals surface area contributed by atoms with Crippen molar-refractivity contribution in [3.8, 4) is 0 Å². The first kappa shape index (κ1) is 14.0. The van der Waals surface area contributed by atoms with Crippen LogP contribution in [0.25, 0.3) is 0 Å². The highest BCUT2D eigenvalue weighted by Crippen LogP contribution is 2.28. The summed E-state index contributed by atoms with van der Waals surface area (Å²) in [5, 5.41) is 3.47. The third-order valence-corrected chi connectivity index (χ3v) is 3.48. The number of aromatic nitrogens is 1. The molecule has 1 heterocycles. The predicted octanol–water partition coefficient (Wildman–Crippen LogP) is 3.43. The molecule has 3 nitrogen and oxygen atoms in total. The number of aryl methyl sites for hydroxylation is 1. The van der Waals surface area contributed by atoms with Crippen molar-refractivity contribution in [2.24, 2.45) is 0 Å². The maximum Gasteiger partial charge on any atom is 0.128 e. The third kappa shape index (κ3) is 3.33. The maximum absolute atomic E-state index is 6.03. The number of pyridine rings is 1. The molecule has 0 fully saturated rings. The van der Waals surface area contributed by atoms with Crippen LogP contribution < -0.4 is 11.1 Å². The van der Waals surface area contributed by atoms with Crippen molar-refractivity contribution in [3.05, 3.63) is 57.7 Å². The van der Waals surface area contributed by atoms with Crippen molar-refractivity contribution < 1.29 is 0 Å². The van der Waals surface area contributed by atoms with E-state index in [-0.39, 0.29) is 6.04 Å². The summed E-state index contributed by atoms with van der Waals surface area (Å²) >= 11 is 3.51. The van der Waals surface area contributed by atoms with Crippen molar-refractivity contribution in [1.82, 2.24) is 10.3 Å². The number of nitrogen functional groups attached to an aromatic ring is 1. The highest BCUT2D eigenvalue weighted by molar-refractivity contribution is 9.10. The molecule has 3 N–H and O–H groups in total. The van der Waals surface area contributed by atoms with E-state index in [0.717, 1.165) is 22.1 Å². The zero-order valence-electron chi connectivity index (χ0n) is 11.2. The summed E-state index contributed by atoms with van der Waals surface area (Å²) in [4.78, 5) is 4.26. The molecule has 1 unspecified atom stereocenters. The van der Waals surface area contributed by atoms with Gasteiger partial charge in [0.15, 0.2) is 0 Å². The molecule has 0 saturated heterocycles. The number of rotatable bonds is 4. The summed E-state index contributed by atoms with van der Waals surface area (Å²) in [5.41, 5.74) is 9.35. The van der Waals surface area contributed by atoms with Crippen molar-refractivity contribution >= 4 is 21.7 Å². The first-order chi connectivity index (χ1) is 9.11. The van der Waals surface area contributed by atoms with Crippen molar-refractivity contribution in [2.45, 2.75) is 19.9 Å². The van der Waals surface area contributed by atoms with E-state index in [1.165, 1.54) is 5.56 Å². The Morgan fingerprint density at radius 3 is 2.84 bits per heavy atom. The Morgan fingerprint density at radius 2 is 2.16 bits per heavy atom. The van der Waals surface area contributed by atoms with Gasteiger partial charge in [-0.05, 0) is 42.8 Å². The zero-order chi connectivity index (χ0) is 13.8. The van der Waals surface area contributed by atoms with Gasteiger partial charge in [0.25, 0.3) is 0 Å². The molecule has 0 amide bonds. The average molecular weight is 320 g/mol. The molecule has 0 radical (unpaired) electrons. The lowest BCUT2D eigenvalue weighted by Crippen LogP contribution is -2.23. The van der Waals surface area contributed by atoms with E-state index in [0.29, 0.717) is 5.82 Å². The number of hydrogen-bond acceptors (Lipinski definition) is 3. The highest BCUT2D eigenvalue weighted by atomic mass is 79.9. The Kier molecular flexibility index (Phi) is 4.56. The number of benzene rings is 1. The zero-order valence-corrected chi connectivity index (χ0v) is 12.7. The van der Waals surface area contributed by atoms with Gasteiger partial charge in [-0.1, -0.05) is 35.0 Å². The average Bonchev–Trinajstić information content (AvgIpc) is 2.39. The van der Waals surface area contributed by atoms with Crippen molar-refractivity contribution in [1.29, 1.82) is 0 Å². The standard InChI is InChI=1S/C15H18BrN3/c1-3-18-14(11-5-4-6-12(16)8-11)13-7-10(2)9-19-15(13)17/h4-9,14,18H,3H2,1-2H3,(H2,17,19). The topological polar surface area (TPSA) is 50.9 Å². The van der Waals surface area contributed by atoms with E-state index in [1.54, 1.807) is 6.20 Å². The predicted molar refractivity (Wildman–Crippen MR) is 83.0 cm³/mol. The molecule has 0 spiro atoms. The summed E-state index contributed by atoms with van der Waals surface area (Å²) in [6.45, 7) is 4.98. The van der Waals surface area contributed by atoms with Crippen molar-refractivity contribution in [3.63, 3.8) is 0 Å². The normalized spacial score (nSPS) is 12.4. The summed E-state index contributed by atoms with van der Waals surface area (Å²) in [5.74, 6) is 0.580. The molecule has 0 aliphatic carbocycles. The first-order valence-electron chi connectivity index (χ1n) is 6.32. The second-order valence-corrected chi connectivity index (χ2v) is 5.45. The van der Waals surface area contributed by atoms with Crippen LogP contribution in [-0.4, -0.2) is 11.5 Å². The molecule has 2 aromatic rings. The van der Waals surface area contributed by atoms with Crippen LogP contribution in [0.1, 0.15) is 29.7 Å². The van der Waals surface area contributed by atoms with Gasteiger partial charge in [0.2, 0.25) is 0 Å². The van der Waals surface area contributed by atoms with Crippen LogP contribution in [0.3, 0.4) is 0 Å². The highest BCUT2D eigenvalue weighted by Gasteiger charge is 2.16. The minimum atomic E-state index is 0.0647. The van der Waals surface area contributed by atoms with E-state index < -0.39 is 0 Å². The molecule has 0 saturated carbocycles. The lowest BCUT2D eigenvalue weighted by molar-refractivity contribution is 0.630. The molecule has 4 heteroatoms. The third-order valence-electron chi connectivity index (χ3n) is 2.99. The van der Waals surface area contributed by atoms with E-state index >= 15 is 0 Å². The van der Waals surface area contributed by atoms with Gasteiger partial charge in [-0.3, -0.25) is 0 Å². The van der Waals surface area contributed by atoms with Gasteiger partial charge >= 0.3 is 0 Å². The lowest BCUT2D eigenvalue weighted by atomic mass is 9.98. The minimum Gasteiger partial charge on any atom is -0.383 e. The molecule has 2 rings (SSSR count). The summed E-state index contributed by atoms with van der Waals surface area (Å²) in [7, 11) is 0. The SMILES string of the molecule is CCNC(c1cccc(Br)c1)c1cc(C)cnc1N. The van der Waals surface area contributed by atoms with Gasteiger partial charge < -0.3 is 11.1 Å². The number of halogens is 1. The van der Waals surface area contributed by atoms with Crippen molar-refractivity contribution in [2.75, 3.05) is 12.3 Å². The molecule has 1 aromatic carbocycles. The molecule has 0 aliphatic heterocycles. The quantitative estimate of drug-likeness (QED) is 0.907. The van der Waals surface area contributed by atoms with Crippen LogP contribution in [0.15, 0.2) is 41.0 Å². The monoisotopic (exact) mass is 319 g/mol. The molecule has 1 aromatic heterocycles. The van der Waals surface area contributed by atoms with Crippen LogP contribution in [0.5, 0.6) is 0 Å². The van der Waals surface area contributed by atoms with Crippen LogP contribution in [0, 0.1) is 6.92 Å². The van der Waals surface area contributed by atoms with Gasteiger partial charge in [-0.2, -0.15) is 0 Å². The van der Waals surface area contributed by atoms with Gasteiger partial charge in [0.1, 0.15) is 5.82 Å². The summed E-state index contributed by atoms with van der Waals surface area (Å²) in [6, 6.07) is 10.4. The van der Waals surface area contributed by atoms with E-state index in [1.807, 2.05) is 19.1 Å². The first-order valence-corrected chi connectivity index (χ1v) is 7.12. The van der Waals surface area contributed by atoms with Crippen LogP contribution >= 0.6 is 15.9 Å². The minimum absolute atomic E-state index is 0.0647. The Labute approximate surface area is 122 Å². The number of nitrogens with zero attached hydrogens (tertiary/aromatic N) is 1. The van der Waals surface area contributed by atoms with Crippen LogP contribution in [0.2, 0.25) is 0 Å². The Balaban J connectivity index is 2.48. The van der Waals surface area contributed by atoms with Crippen LogP contribution in [-0.2, 0) is 0 Å². The fraction of sp³-hybridized carbons (Fsp3) is 0.267. The largest absolute Gasteiger partial charge is 0.383 e. The van der Waals surface area contributed by atoms with Gasteiger partial charge in [0.05, 0.1) is 6.04 Å². The number of nitrogens with one attached hydrogen (secondary N) is 1. The molecular formula is C15H18BrN3. The fourth-order valence-electron chi connectivity index (χ4n) is 2.13. The molecule has 0 bridgehead atoms. The second-order valence-electron chi connectivity index (χ2n) is 4.53. The van der Waals surface area contributed by atoms with Crippen LogP contribution in [0.4, 0.5) is 5.82 Å². The molecule has 0 aliphatic rings. The Hall–Kier alpha value is -1.39. The van der Waals surface area contributed by atoms with E-state index in [4.69, 9.17) is 5.73 Å². The number of nitrogens with two attached hydrogens (primary N) is 1. The summed E-state index contributed by atoms with van der Waals surface area (Å²) in [6.07, 6.45) is 1.79. The fourth-order valence-corrected chi connectivity index (χ4v) is 2.55. The molecule has 1 atom stereocenters. The van der Waals surface area contributed by atoms with Gasteiger partial charge in [-0.15, -0.1) is 0 Å². The second kappa shape index (κ2) is 6.17. The molecule has 19 heavy (non-hydrogen) atoms. The number of anilines is 1. The Morgan fingerprint density at radius 1 is 1.37 bits per heavy atom. The van der Waals surface area contributed by atoms with Gasteiger partial charge in [0, 0.05) is 16.2 Å². The molecule has 100 valence electrons. The van der Waals surface area contributed by atoms with Gasteiger partial charge in [-0.25, -0.2) is 4.98 Å². The lowest BCUT2D eigenvalue weighted by Gasteiger charge is -2.20. The Bertz CT molecular complexity index is 569. The number of hydrogen-bond donors (Lipinski definition) is 2. The van der Waals surface area contributed by atoms with E-state index in [9.17, 15) is 0 Å². The summed E-state index contributed by atoms with van der Waals surface area (Å²) < 4.78 is 1.06.